The molecule has 1 aromatic heterocycles. The first kappa shape index (κ1) is 16.5. The summed E-state index contributed by atoms with van der Waals surface area (Å²) in [5, 5.41) is 14.0. The van der Waals surface area contributed by atoms with Crippen LogP contribution in [0.5, 0.6) is 0 Å². The van der Waals surface area contributed by atoms with E-state index in [-0.39, 0.29) is 11.2 Å². The summed E-state index contributed by atoms with van der Waals surface area (Å²) in [7, 11) is 0. The molecule has 4 nitrogen and oxygen atoms in total. The zero-order valence-corrected chi connectivity index (χ0v) is 14.8. The predicted octanol–water partition coefficient (Wildman–Crippen LogP) is 4.22. The standard InChI is InChI=1S/C15H11Cl2N3OS2/c16-11-4-3-9(6-12(11)17)7-13-14(21)19-15(23-13)20-18-8-10-2-1-5-22-10/h1-6,8,13H,7H2,(H,19,20,21)/b18-8-/t13-/m0/s1. The molecule has 1 aliphatic heterocycles. The molecule has 1 saturated heterocycles. The minimum Gasteiger partial charge on any atom is -0.303 e. The van der Waals surface area contributed by atoms with Crippen molar-refractivity contribution in [3.63, 3.8) is 0 Å². The lowest BCUT2D eigenvalue weighted by Crippen LogP contribution is -2.25. The van der Waals surface area contributed by atoms with Gasteiger partial charge in [0.2, 0.25) is 5.91 Å². The summed E-state index contributed by atoms with van der Waals surface area (Å²) in [6.07, 6.45) is 2.22. The van der Waals surface area contributed by atoms with Gasteiger partial charge in [-0.05, 0) is 35.6 Å². The van der Waals surface area contributed by atoms with Crippen molar-refractivity contribution in [1.82, 2.24) is 5.32 Å². The van der Waals surface area contributed by atoms with Gasteiger partial charge in [0.15, 0.2) is 5.17 Å². The number of nitrogens with zero attached hydrogens (tertiary/aromatic N) is 2. The smallest absolute Gasteiger partial charge is 0.239 e. The summed E-state index contributed by atoms with van der Waals surface area (Å²) >= 11 is 14.8. The van der Waals surface area contributed by atoms with E-state index in [9.17, 15) is 4.79 Å². The molecule has 0 radical (unpaired) electrons. The lowest BCUT2D eigenvalue weighted by molar-refractivity contribution is -0.118. The highest BCUT2D eigenvalue weighted by Gasteiger charge is 2.30. The maximum atomic E-state index is 12.0. The van der Waals surface area contributed by atoms with Crippen LogP contribution in [0.1, 0.15) is 10.4 Å². The Morgan fingerprint density at radius 2 is 2.13 bits per heavy atom. The molecule has 0 spiro atoms. The van der Waals surface area contributed by atoms with Crippen molar-refractivity contribution in [2.24, 2.45) is 10.2 Å². The second-order valence-corrected chi connectivity index (χ2v) is 7.70. The van der Waals surface area contributed by atoms with Gasteiger partial charge in [0, 0.05) is 4.88 Å². The van der Waals surface area contributed by atoms with E-state index in [1.807, 2.05) is 23.6 Å². The lowest BCUT2D eigenvalue weighted by Gasteiger charge is -2.06. The van der Waals surface area contributed by atoms with E-state index in [0.717, 1.165) is 10.4 Å². The summed E-state index contributed by atoms with van der Waals surface area (Å²) in [6, 6.07) is 9.27. The number of amidine groups is 1. The summed E-state index contributed by atoms with van der Waals surface area (Å²) in [5.41, 5.74) is 0.954. The number of thioether (sulfide) groups is 1. The summed E-state index contributed by atoms with van der Waals surface area (Å²) in [6.45, 7) is 0. The summed E-state index contributed by atoms with van der Waals surface area (Å²) in [4.78, 5) is 13.0. The lowest BCUT2D eigenvalue weighted by atomic mass is 10.1. The van der Waals surface area contributed by atoms with Crippen LogP contribution in [0.15, 0.2) is 45.9 Å². The number of nitrogens with one attached hydrogen (secondary N) is 1. The van der Waals surface area contributed by atoms with E-state index in [4.69, 9.17) is 23.2 Å². The van der Waals surface area contributed by atoms with Crippen molar-refractivity contribution in [3.05, 3.63) is 56.2 Å². The summed E-state index contributed by atoms with van der Waals surface area (Å²) in [5.74, 6) is -0.0776. The molecule has 0 unspecified atom stereocenters. The SMILES string of the molecule is O=C1NC(=N/N=C\c2cccs2)S[C@H]1Cc1ccc(Cl)c(Cl)c1. The topological polar surface area (TPSA) is 53.8 Å². The first-order valence-electron chi connectivity index (χ1n) is 6.68. The molecule has 1 aliphatic rings. The first-order valence-corrected chi connectivity index (χ1v) is 9.19. The molecule has 0 aliphatic carbocycles. The van der Waals surface area contributed by atoms with Crippen molar-refractivity contribution >= 4 is 63.6 Å². The first-order chi connectivity index (χ1) is 11.1. The minimum atomic E-state index is -0.247. The average Bonchev–Trinajstić information content (AvgIpc) is 3.14. The van der Waals surface area contributed by atoms with Crippen LogP contribution < -0.4 is 5.32 Å². The molecule has 0 bridgehead atoms. The summed E-state index contributed by atoms with van der Waals surface area (Å²) < 4.78 is 0. The van der Waals surface area contributed by atoms with Crippen LogP contribution in [0.2, 0.25) is 10.0 Å². The molecule has 2 aromatic rings. The number of carbonyl (C=O) groups excluding carboxylic acids is 1. The van der Waals surface area contributed by atoms with Crippen LogP contribution in [0.3, 0.4) is 0 Å². The third-order valence-electron chi connectivity index (χ3n) is 3.06. The van der Waals surface area contributed by atoms with E-state index in [1.54, 1.807) is 29.7 Å². The largest absolute Gasteiger partial charge is 0.303 e. The van der Waals surface area contributed by atoms with Gasteiger partial charge in [-0.2, -0.15) is 5.10 Å². The minimum absolute atomic E-state index is 0.0776. The number of benzene rings is 1. The number of rotatable bonds is 4. The zero-order chi connectivity index (χ0) is 16.2. The Morgan fingerprint density at radius 3 is 2.87 bits per heavy atom. The molecule has 1 atom stereocenters. The van der Waals surface area contributed by atoms with E-state index in [2.05, 4.69) is 15.5 Å². The van der Waals surface area contributed by atoms with Crippen molar-refractivity contribution in [1.29, 1.82) is 0 Å². The maximum Gasteiger partial charge on any atom is 0.239 e. The van der Waals surface area contributed by atoms with Crippen LogP contribution >= 0.6 is 46.3 Å². The van der Waals surface area contributed by atoms with Gasteiger partial charge in [-0.25, -0.2) is 0 Å². The highest BCUT2D eigenvalue weighted by molar-refractivity contribution is 8.15. The van der Waals surface area contributed by atoms with E-state index in [0.29, 0.717) is 21.6 Å². The molecule has 2 heterocycles. The Kier molecular flexibility index (Phi) is 5.38. The monoisotopic (exact) mass is 383 g/mol. The van der Waals surface area contributed by atoms with Crippen LogP contribution in [0.4, 0.5) is 0 Å². The molecule has 1 fully saturated rings. The Bertz CT molecular complexity index is 775. The molecular formula is C15H11Cl2N3OS2. The quantitative estimate of drug-likeness (QED) is 0.634. The van der Waals surface area contributed by atoms with Crippen molar-refractivity contribution < 1.29 is 4.79 Å². The highest BCUT2D eigenvalue weighted by Crippen LogP contribution is 2.27. The van der Waals surface area contributed by atoms with Crippen molar-refractivity contribution in [2.45, 2.75) is 11.7 Å². The zero-order valence-electron chi connectivity index (χ0n) is 11.7. The van der Waals surface area contributed by atoms with Gasteiger partial charge in [0.05, 0.1) is 21.5 Å². The van der Waals surface area contributed by atoms with Crippen LogP contribution in [0.25, 0.3) is 0 Å². The fourth-order valence-electron chi connectivity index (χ4n) is 1.97. The highest BCUT2D eigenvalue weighted by atomic mass is 35.5. The van der Waals surface area contributed by atoms with Gasteiger partial charge in [-0.15, -0.1) is 16.4 Å². The van der Waals surface area contributed by atoms with E-state index < -0.39 is 0 Å². The van der Waals surface area contributed by atoms with Gasteiger partial charge < -0.3 is 5.32 Å². The number of hydrogen-bond donors (Lipinski definition) is 1. The third kappa shape index (κ3) is 4.35. The number of thiophene rings is 1. The number of carbonyl (C=O) groups is 1. The second-order valence-electron chi connectivity index (χ2n) is 4.71. The predicted molar refractivity (Wildman–Crippen MR) is 99.0 cm³/mol. The molecule has 118 valence electrons. The molecule has 3 rings (SSSR count). The average molecular weight is 384 g/mol. The normalized spacial score (nSPS) is 19.7. The van der Waals surface area contributed by atoms with E-state index in [1.165, 1.54) is 11.8 Å². The Hall–Kier alpha value is -1.34. The molecular weight excluding hydrogens is 373 g/mol. The van der Waals surface area contributed by atoms with Crippen molar-refractivity contribution in [2.75, 3.05) is 0 Å². The number of halogens is 2. The fraction of sp³-hybridized carbons (Fsp3) is 0.133. The second kappa shape index (κ2) is 7.49. The van der Waals surface area contributed by atoms with Gasteiger partial charge >= 0.3 is 0 Å². The molecule has 8 heteroatoms. The van der Waals surface area contributed by atoms with Gasteiger partial charge in [0.25, 0.3) is 0 Å². The van der Waals surface area contributed by atoms with Crippen LogP contribution in [-0.4, -0.2) is 22.5 Å². The maximum absolute atomic E-state index is 12.0. The third-order valence-corrected chi connectivity index (χ3v) is 5.68. The number of amides is 1. The number of hydrogen-bond acceptors (Lipinski definition) is 5. The molecule has 1 N–H and O–H groups in total. The fourth-order valence-corrected chi connectivity index (χ4v) is 3.84. The van der Waals surface area contributed by atoms with Crippen LogP contribution in [0, 0.1) is 0 Å². The van der Waals surface area contributed by atoms with Gasteiger partial charge in [0.1, 0.15) is 0 Å². The van der Waals surface area contributed by atoms with Gasteiger partial charge in [-0.3, -0.25) is 4.79 Å². The molecule has 0 saturated carbocycles. The Labute approximate surface area is 151 Å². The molecule has 23 heavy (non-hydrogen) atoms. The Balaban J connectivity index is 1.64. The molecule has 1 amide bonds. The molecule has 1 aromatic carbocycles. The van der Waals surface area contributed by atoms with Crippen molar-refractivity contribution in [3.8, 4) is 0 Å². The van der Waals surface area contributed by atoms with E-state index >= 15 is 0 Å². The van der Waals surface area contributed by atoms with Crippen LogP contribution in [-0.2, 0) is 11.2 Å². The van der Waals surface area contributed by atoms with Gasteiger partial charge in [-0.1, -0.05) is 47.1 Å². The Morgan fingerprint density at radius 1 is 1.26 bits per heavy atom.